The highest BCUT2D eigenvalue weighted by molar-refractivity contribution is 7.19. The minimum atomic E-state index is 0.00764. The molecule has 0 aliphatic heterocycles. The summed E-state index contributed by atoms with van der Waals surface area (Å²) in [7, 11) is 0. The number of thiophene rings is 1. The predicted octanol–water partition coefficient (Wildman–Crippen LogP) is 9.22. The summed E-state index contributed by atoms with van der Waals surface area (Å²) in [5.74, 6) is 0.611. The molecule has 0 amide bonds. The van der Waals surface area contributed by atoms with E-state index < -0.39 is 0 Å². The molecule has 3 aromatic carbocycles. The molecular weight excluding hydrogens is 448 g/mol. The van der Waals surface area contributed by atoms with Gasteiger partial charge in [0, 0.05) is 20.5 Å². The van der Waals surface area contributed by atoms with Gasteiger partial charge in [-0.15, -0.1) is 11.3 Å². The Morgan fingerprint density at radius 1 is 0.943 bits per heavy atom. The van der Waals surface area contributed by atoms with E-state index in [1.54, 1.807) is 6.33 Å². The van der Waals surface area contributed by atoms with Gasteiger partial charge in [0.1, 0.15) is 11.9 Å². The molecule has 0 N–H and O–H groups in total. The van der Waals surface area contributed by atoms with Gasteiger partial charge in [0.05, 0.1) is 11.1 Å². The Balaban J connectivity index is 1.65. The van der Waals surface area contributed by atoms with E-state index in [2.05, 4.69) is 95.1 Å². The fraction of sp³-hybridized carbons (Fsp3) is 0.290. The van der Waals surface area contributed by atoms with Crippen molar-refractivity contribution in [3.8, 4) is 11.3 Å². The lowest BCUT2D eigenvalue weighted by molar-refractivity contribution is 0.596. The van der Waals surface area contributed by atoms with E-state index in [0.717, 1.165) is 34.0 Å². The van der Waals surface area contributed by atoms with Crippen LogP contribution in [0.25, 0.3) is 54.2 Å². The van der Waals surface area contributed by atoms with Crippen molar-refractivity contribution < 1.29 is 4.42 Å². The number of nitrogens with zero attached hydrogens (tertiary/aromatic N) is 2. The maximum atomic E-state index is 6.33. The first-order valence-electron chi connectivity index (χ1n) is 12.3. The molecule has 0 aliphatic carbocycles. The van der Waals surface area contributed by atoms with Crippen LogP contribution in [-0.2, 0) is 11.8 Å². The summed E-state index contributed by atoms with van der Waals surface area (Å²) in [5, 5.41) is 5.91. The van der Waals surface area contributed by atoms with Crippen LogP contribution in [0.4, 0.5) is 0 Å². The van der Waals surface area contributed by atoms with Crippen LogP contribution in [0.15, 0.2) is 59.3 Å². The number of rotatable bonds is 3. The smallest absolute Gasteiger partial charge is 0.230 e. The summed E-state index contributed by atoms with van der Waals surface area (Å²) in [5.41, 5.74) is 6.34. The summed E-state index contributed by atoms with van der Waals surface area (Å²) in [6.45, 7) is 13.6. The van der Waals surface area contributed by atoms with Crippen molar-refractivity contribution >= 4 is 54.3 Å². The molecule has 0 unspecified atom stereocenters. The fourth-order valence-electron chi connectivity index (χ4n) is 5.32. The van der Waals surface area contributed by atoms with E-state index in [1.165, 1.54) is 36.9 Å². The Labute approximate surface area is 209 Å². The maximum absolute atomic E-state index is 6.33. The second-order valence-corrected chi connectivity index (χ2v) is 12.3. The average Bonchev–Trinajstić information content (AvgIpc) is 3.32. The predicted molar refractivity (Wildman–Crippen MR) is 150 cm³/mol. The van der Waals surface area contributed by atoms with Crippen molar-refractivity contribution in [2.24, 2.45) is 5.92 Å². The minimum Gasteiger partial charge on any atom is -0.438 e. The topological polar surface area (TPSA) is 38.9 Å². The zero-order chi connectivity index (χ0) is 24.5. The number of aromatic nitrogens is 2. The van der Waals surface area contributed by atoms with E-state index in [-0.39, 0.29) is 5.41 Å². The first-order valence-corrected chi connectivity index (χ1v) is 13.1. The van der Waals surface area contributed by atoms with Crippen LogP contribution < -0.4 is 0 Å². The molecule has 6 aromatic rings. The van der Waals surface area contributed by atoms with Crippen LogP contribution in [0.5, 0.6) is 0 Å². The zero-order valence-corrected chi connectivity index (χ0v) is 22.0. The van der Waals surface area contributed by atoms with Gasteiger partial charge in [0.25, 0.3) is 0 Å². The molecule has 6 rings (SSSR count). The van der Waals surface area contributed by atoms with Crippen LogP contribution in [0.1, 0.15) is 50.6 Å². The molecular formula is C31H30N2OS. The lowest BCUT2D eigenvalue weighted by atomic mass is 9.82. The van der Waals surface area contributed by atoms with Gasteiger partial charge in [0.2, 0.25) is 5.71 Å². The lowest BCUT2D eigenvalue weighted by Gasteiger charge is -2.22. The van der Waals surface area contributed by atoms with Crippen LogP contribution in [0, 0.1) is 12.8 Å². The normalized spacial score (nSPS) is 12.7. The second kappa shape index (κ2) is 7.89. The standard InChI is InChI=1S/C31H30N2OS/c1-17(2)11-22-18(3)35-27-15-24-26(14-23(22)27)34-30-28(24)29(32-16-33-30)20-12-19-9-7-8-10-21(19)25(13-20)31(4,5)6/h7-10,12-17H,11H2,1-6H3. The third-order valence-electron chi connectivity index (χ3n) is 6.94. The molecule has 0 atom stereocenters. The fourth-order valence-corrected chi connectivity index (χ4v) is 6.43. The maximum Gasteiger partial charge on any atom is 0.230 e. The molecule has 0 aliphatic rings. The summed E-state index contributed by atoms with van der Waals surface area (Å²) in [6, 6.07) is 17.7. The lowest BCUT2D eigenvalue weighted by Crippen LogP contribution is -2.12. The molecule has 3 nitrogen and oxygen atoms in total. The van der Waals surface area contributed by atoms with Crippen LogP contribution in [-0.4, -0.2) is 9.97 Å². The Kier molecular flexibility index (Phi) is 5.01. The molecule has 0 saturated heterocycles. The van der Waals surface area contributed by atoms with Gasteiger partial charge < -0.3 is 4.42 Å². The van der Waals surface area contributed by atoms with Gasteiger partial charge in [-0.2, -0.15) is 0 Å². The molecule has 3 aromatic heterocycles. The van der Waals surface area contributed by atoms with Crippen LogP contribution in [0.3, 0.4) is 0 Å². The van der Waals surface area contributed by atoms with E-state index in [0.29, 0.717) is 11.6 Å². The van der Waals surface area contributed by atoms with Gasteiger partial charge in [0.15, 0.2) is 0 Å². The Bertz CT molecular complexity index is 1750. The number of hydrogen-bond acceptors (Lipinski definition) is 4. The van der Waals surface area contributed by atoms with Crippen molar-refractivity contribution in [2.75, 3.05) is 0 Å². The van der Waals surface area contributed by atoms with E-state index in [9.17, 15) is 0 Å². The molecule has 176 valence electrons. The van der Waals surface area contributed by atoms with E-state index >= 15 is 0 Å². The monoisotopic (exact) mass is 478 g/mol. The summed E-state index contributed by atoms with van der Waals surface area (Å²) < 4.78 is 7.63. The zero-order valence-electron chi connectivity index (χ0n) is 21.2. The summed E-state index contributed by atoms with van der Waals surface area (Å²) in [4.78, 5) is 10.7. The van der Waals surface area contributed by atoms with Crippen LogP contribution in [0.2, 0.25) is 0 Å². The third kappa shape index (κ3) is 3.63. The SMILES string of the molecule is Cc1sc2cc3c(cc2c1CC(C)C)oc1ncnc(-c2cc(C(C)(C)C)c4ccccc4c2)c13. The molecule has 0 bridgehead atoms. The van der Waals surface area contributed by atoms with Gasteiger partial charge in [-0.25, -0.2) is 9.97 Å². The number of furan rings is 1. The van der Waals surface area contributed by atoms with E-state index in [1.807, 2.05) is 11.3 Å². The quantitative estimate of drug-likeness (QED) is 0.254. The third-order valence-corrected chi connectivity index (χ3v) is 8.05. The molecule has 35 heavy (non-hydrogen) atoms. The van der Waals surface area contributed by atoms with Crippen molar-refractivity contribution in [1.29, 1.82) is 0 Å². The largest absolute Gasteiger partial charge is 0.438 e. The molecule has 3 heterocycles. The Hall–Kier alpha value is -3.24. The van der Waals surface area contributed by atoms with Gasteiger partial charge in [-0.05, 0) is 76.2 Å². The molecule has 0 fully saturated rings. The molecule has 4 heteroatoms. The highest BCUT2D eigenvalue weighted by Crippen LogP contribution is 2.42. The van der Waals surface area contributed by atoms with Crippen molar-refractivity contribution in [2.45, 2.75) is 53.4 Å². The average molecular weight is 479 g/mol. The van der Waals surface area contributed by atoms with Gasteiger partial charge in [-0.1, -0.05) is 58.9 Å². The summed E-state index contributed by atoms with van der Waals surface area (Å²) >= 11 is 1.87. The first-order chi connectivity index (χ1) is 16.7. The van der Waals surface area contributed by atoms with Gasteiger partial charge >= 0.3 is 0 Å². The molecule has 0 radical (unpaired) electrons. The first kappa shape index (κ1) is 22.2. The summed E-state index contributed by atoms with van der Waals surface area (Å²) in [6.07, 6.45) is 2.71. The number of benzene rings is 3. The highest BCUT2D eigenvalue weighted by Gasteiger charge is 2.22. The Morgan fingerprint density at radius 2 is 1.74 bits per heavy atom. The Morgan fingerprint density at radius 3 is 2.51 bits per heavy atom. The highest BCUT2D eigenvalue weighted by atomic mass is 32.1. The minimum absolute atomic E-state index is 0.00764. The molecule has 0 spiro atoms. The van der Waals surface area contributed by atoms with Crippen molar-refractivity contribution in [1.82, 2.24) is 9.97 Å². The number of hydrogen-bond donors (Lipinski definition) is 0. The van der Waals surface area contributed by atoms with E-state index in [4.69, 9.17) is 9.40 Å². The van der Waals surface area contributed by atoms with Crippen LogP contribution >= 0.6 is 11.3 Å². The van der Waals surface area contributed by atoms with Crippen molar-refractivity contribution in [3.63, 3.8) is 0 Å². The molecule has 0 saturated carbocycles. The number of fused-ring (bicyclic) bond motifs is 5. The van der Waals surface area contributed by atoms with Gasteiger partial charge in [-0.3, -0.25) is 0 Å². The number of aryl methyl sites for hydroxylation is 1. The van der Waals surface area contributed by atoms with Crippen molar-refractivity contribution in [3.05, 3.63) is 70.9 Å². The second-order valence-electron chi connectivity index (χ2n) is 11.1.